The Morgan fingerprint density at radius 2 is 1.85 bits per heavy atom. The van der Waals surface area contributed by atoms with E-state index < -0.39 is 29.2 Å². The molecule has 0 radical (unpaired) electrons. The van der Waals surface area contributed by atoms with Gasteiger partial charge in [0.05, 0.1) is 18.0 Å². The Morgan fingerprint density at radius 1 is 1.21 bits per heavy atom. The molecular formula is C22H26F3N5O4. The summed E-state index contributed by atoms with van der Waals surface area (Å²) in [7, 11) is 1.64. The van der Waals surface area contributed by atoms with Gasteiger partial charge in [0.2, 0.25) is 0 Å². The number of carbonyl (C=O) groups is 2. The first-order chi connectivity index (χ1) is 15.9. The minimum Gasteiger partial charge on any atom is -0.382 e. The van der Waals surface area contributed by atoms with Gasteiger partial charge >= 0.3 is 6.18 Å². The average Bonchev–Trinajstić information content (AvgIpc) is 2.78. The number of methoxy groups -OCH3 is 1. The van der Waals surface area contributed by atoms with Crippen LogP contribution in [-0.2, 0) is 15.1 Å². The maximum Gasteiger partial charge on any atom is 0.430 e. The number of benzene rings is 1. The third-order valence-electron chi connectivity index (χ3n) is 6.06. The standard InChI is InChI=1S/C22H26F3N5O4/c1-11-3-4-12(21(33,20(27)32)22(23,24)25)9-15(11)16-10-28-18(26)17(30-16)19(31)29-13-5-7-14(34-2)8-6-13/h3-4,9-10,13-14,33H,5-8H2,1-2H3,(H2,26,28)(H2,27,32)(H,29,31)/t13-,14-,21?. The van der Waals surface area contributed by atoms with Crippen molar-refractivity contribution in [3.8, 4) is 11.3 Å². The number of hydrogen-bond acceptors (Lipinski definition) is 7. The molecule has 0 saturated heterocycles. The molecule has 2 aromatic rings. The highest BCUT2D eigenvalue weighted by Crippen LogP contribution is 2.40. The van der Waals surface area contributed by atoms with Crippen molar-refractivity contribution in [2.75, 3.05) is 12.8 Å². The summed E-state index contributed by atoms with van der Waals surface area (Å²) >= 11 is 0. The average molecular weight is 481 g/mol. The monoisotopic (exact) mass is 481 g/mol. The fourth-order valence-electron chi connectivity index (χ4n) is 3.96. The van der Waals surface area contributed by atoms with Crippen LogP contribution in [0.25, 0.3) is 11.3 Å². The topological polar surface area (TPSA) is 153 Å². The van der Waals surface area contributed by atoms with Gasteiger partial charge in [-0.1, -0.05) is 12.1 Å². The van der Waals surface area contributed by atoms with Gasteiger partial charge in [0.1, 0.15) is 0 Å². The lowest BCUT2D eigenvalue weighted by molar-refractivity contribution is -0.255. The Kier molecular flexibility index (Phi) is 7.13. The van der Waals surface area contributed by atoms with Crippen molar-refractivity contribution in [3.63, 3.8) is 0 Å². The van der Waals surface area contributed by atoms with Crippen molar-refractivity contribution >= 4 is 17.6 Å². The molecule has 1 saturated carbocycles. The Hall–Kier alpha value is -3.25. The highest BCUT2D eigenvalue weighted by atomic mass is 19.4. The molecule has 3 rings (SSSR count). The minimum atomic E-state index is -5.36. The van der Waals surface area contributed by atoms with Crippen molar-refractivity contribution < 1.29 is 32.6 Å². The number of hydrogen-bond donors (Lipinski definition) is 4. The summed E-state index contributed by atoms with van der Waals surface area (Å²) < 4.78 is 45.9. The second kappa shape index (κ2) is 9.55. The Bertz CT molecular complexity index is 1090. The van der Waals surface area contributed by atoms with Crippen LogP contribution in [0.5, 0.6) is 0 Å². The number of nitrogen functional groups attached to an aromatic ring is 1. The molecule has 0 aliphatic heterocycles. The van der Waals surface area contributed by atoms with E-state index in [-0.39, 0.29) is 34.9 Å². The van der Waals surface area contributed by atoms with Gasteiger partial charge in [-0.25, -0.2) is 9.97 Å². The van der Waals surface area contributed by atoms with Gasteiger partial charge in [0, 0.05) is 24.3 Å². The van der Waals surface area contributed by atoms with Crippen LogP contribution < -0.4 is 16.8 Å². The summed E-state index contributed by atoms with van der Waals surface area (Å²) in [5, 5.41) is 13.0. The van der Waals surface area contributed by atoms with Crippen LogP contribution in [-0.4, -0.2) is 52.3 Å². The molecule has 1 fully saturated rings. The Morgan fingerprint density at radius 3 is 2.41 bits per heavy atom. The van der Waals surface area contributed by atoms with Gasteiger partial charge < -0.3 is 26.6 Å². The molecular weight excluding hydrogens is 455 g/mol. The van der Waals surface area contributed by atoms with Crippen LogP contribution in [0.3, 0.4) is 0 Å². The van der Waals surface area contributed by atoms with E-state index in [4.69, 9.17) is 16.2 Å². The number of aryl methyl sites for hydroxylation is 1. The Balaban J connectivity index is 1.94. The molecule has 184 valence electrons. The van der Waals surface area contributed by atoms with Gasteiger partial charge in [-0.2, -0.15) is 13.2 Å². The summed E-state index contributed by atoms with van der Waals surface area (Å²) in [6.07, 6.45) is -1.02. The third kappa shape index (κ3) is 4.82. The van der Waals surface area contributed by atoms with E-state index in [0.29, 0.717) is 18.4 Å². The molecule has 1 unspecified atom stereocenters. The minimum absolute atomic E-state index is 0.0378. The molecule has 1 aliphatic carbocycles. The molecule has 1 heterocycles. The molecule has 1 aliphatic rings. The van der Waals surface area contributed by atoms with E-state index in [1.165, 1.54) is 12.3 Å². The number of nitrogens with zero attached hydrogens (tertiary/aromatic N) is 2. The van der Waals surface area contributed by atoms with Gasteiger partial charge in [-0.05, 0) is 44.2 Å². The van der Waals surface area contributed by atoms with E-state index in [1.54, 1.807) is 14.0 Å². The van der Waals surface area contributed by atoms with E-state index in [0.717, 1.165) is 25.0 Å². The van der Waals surface area contributed by atoms with Gasteiger partial charge in [0.15, 0.2) is 11.5 Å². The van der Waals surface area contributed by atoms with Gasteiger partial charge in [-0.15, -0.1) is 0 Å². The fraction of sp³-hybridized carbons (Fsp3) is 0.455. The lowest BCUT2D eigenvalue weighted by Crippen LogP contribution is -2.52. The number of nitrogens with two attached hydrogens (primary N) is 2. The summed E-state index contributed by atoms with van der Waals surface area (Å²) in [6.45, 7) is 1.59. The predicted octanol–water partition coefficient (Wildman–Crippen LogP) is 1.96. The maximum atomic E-state index is 13.5. The molecule has 0 spiro atoms. The first kappa shape index (κ1) is 25.4. The molecule has 2 amide bonds. The van der Waals surface area contributed by atoms with Crippen LogP contribution in [0.1, 0.15) is 47.3 Å². The van der Waals surface area contributed by atoms with Crippen molar-refractivity contribution in [2.45, 2.75) is 56.5 Å². The number of nitrogens with one attached hydrogen (secondary N) is 1. The van der Waals surface area contributed by atoms with Crippen molar-refractivity contribution in [3.05, 3.63) is 41.2 Å². The van der Waals surface area contributed by atoms with Crippen molar-refractivity contribution in [2.24, 2.45) is 5.73 Å². The summed E-state index contributed by atoms with van der Waals surface area (Å²) in [5.74, 6) is -2.68. The van der Waals surface area contributed by atoms with Crippen molar-refractivity contribution in [1.82, 2.24) is 15.3 Å². The molecule has 12 heteroatoms. The van der Waals surface area contributed by atoms with Crippen LogP contribution in [0, 0.1) is 6.92 Å². The highest BCUT2D eigenvalue weighted by molar-refractivity contribution is 5.97. The zero-order chi connectivity index (χ0) is 25.3. The molecule has 0 bridgehead atoms. The number of amides is 2. The number of aromatic nitrogens is 2. The maximum absolute atomic E-state index is 13.5. The predicted molar refractivity (Wildman–Crippen MR) is 116 cm³/mol. The normalized spacial score (nSPS) is 20.4. The van der Waals surface area contributed by atoms with Crippen molar-refractivity contribution in [1.29, 1.82) is 0 Å². The Labute approximate surface area is 193 Å². The summed E-state index contributed by atoms with van der Waals surface area (Å²) in [4.78, 5) is 32.6. The first-order valence-electron chi connectivity index (χ1n) is 10.5. The molecule has 1 aromatic heterocycles. The number of halogens is 3. The SMILES string of the molecule is CO[C@H]1CC[C@H](NC(=O)c2nc(-c3cc(C(O)(C(N)=O)C(F)(F)F)ccc3C)cnc2N)CC1. The van der Waals surface area contributed by atoms with Crippen LogP contribution >= 0.6 is 0 Å². The molecule has 1 aromatic carbocycles. The zero-order valence-electron chi connectivity index (χ0n) is 18.6. The second-order valence-corrected chi connectivity index (χ2v) is 8.27. The number of aliphatic hydroxyl groups is 1. The molecule has 9 nitrogen and oxygen atoms in total. The quantitative estimate of drug-likeness (QED) is 0.492. The molecule has 1 atom stereocenters. The fourth-order valence-corrected chi connectivity index (χ4v) is 3.96. The lowest BCUT2D eigenvalue weighted by atomic mass is 9.89. The van der Waals surface area contributed by atoms with Crippen LogP contribution in [0.4, 0.5) is 19.0 Å². The zero-order valence-corrected chi connectivity index (χ0v) is 18.6. The van der Waals surface area contributed by atoms with E-state index in [1.807, 2.05) is 0 Å². The van der Waals surface area contributed by atoms with E-state index >= 15 is 0 Å². The number of primary amides is 1. The first-order valence-corrected chi connectivity index (χ1v) is 10.5. The number of carbonyl (C=O) groups excluding carboxylic acids is 2. The van der Waals surface area contributed by atoms with Gasteiger partial charge in [-0.3, -0.25) is 9.59 Å². The number of anilines is 1. The summed E-state index contributed by atoms with van der Waals surface area (Å²) in [6, 6.07) is 3.06. The number of alkyl halides is 3. The van der Waals surface area contributed by atoms with Gasteiger partial charge in [0.25, 0.3) is 17.4 Å². The number of ether oxygens (including phenoxy) is 1. The molecule has 6 N–H and O–H groups in total. The molecule has 34 heavy (non-hydrogen) atoms. The second-order valence-electron chi connectivity index (χ2n) is 8.27. The van der Waals surface area contributed by atoms with E-state index in [9.17, 15) is 27.9 Å². The third-order valence-corrected chi connectivity index (χ3v) is 6.06. The largest absolute Gasteiger partial charge is 0.430 e. The van der Waals surface area contributed by atoms with Crippen LogP contribution in [0.15, 0.2) is 24.4 Å². The van der Waals surface area contributed by atoms with Crippen LogP contribution in [0.2, 0.25) is 0 Å². The van der Waals surface area contributed by atoms with E-state index in [2.05, 4.69) is 15.3 Å². The summed E-state index contributed by atoms with van der Waals surface area (Å²) in [5.41, 5.74) is 6.48. The number of rotatable bonds is 6. The highest BCUT2D eigenvalue weighted by Gasteiger charge is 2.60. The smallest absolute Gasteiger partial charge is 0.382 e. The lowest BCUT2D eigenvalue weighted by Gasteiger charge is -2.28.